The monoisotopic (exact) mass is 299 g/mol. The maximum absolute atomic E-state index is 5.51. The molecule has 4 heteroatoms. The molecule has 0 aliphatic heterocycles. The summed E-state index contributed by atoms with van der Waals surface area (Å²) in [5.41, 5.74) is 9.03. The van der Waals surface area contributed by atoms with Gasteiger partial charge in [0.15, 0.2) is 5.11 Å². The lowest BCUT2D eigenvalue weighted by molar-refractivity contribution is 0.271. The molecule has 3 N–H and O–H groups in total. The van der Waals surface area contributed by atoms with Crippen LogP contribution in [0.25, 0.3) is 0 Å². The Kier molecular flexibility index (Phi) is 5.72. The summed E-state index contributed by atoms with van der Waals surface area (Å²) in [6.07, 6.45) is 0. The first kappa shape index (κ1) is 15.5. The standard InChI is InChI=1S/C17H21N3S/c1-2-20(12-14-7-4-3-5-8-14)13-15-9-6-10-16(11-15)19-17(18)21/h3-11H,2,12-13H2,1H3,(H3,18,19,21). The predicted molar refractivity (Wildman–Crippen MR) is 93.1 cm³/mol. The van der Waals surface area contributed by atoms with Crippen LogP contribution in [0.4, 0.5) is 5.69 Å². The third-order valence-electron chi connectivity index (χ3n) is 3.30. The van der Waals surface area contributed by atoms with Gasteiger partial charge in [-0.2, -0.15) is 0 Å². The van der Waals surface area contributed by atoms with Gasteiger partial charge in [0.25, 0.3) is 0 Å². The summed E-state index contributed by atoms with van der Waals surface area (Å²) in [6, 6.07) is 18.7. The summed E-state index contributed by atoms with van der Waals surface area (Å²) in [6.45, 7) is 5.03. The molecule has 0 saturated carbocycles. The minimum Gasteiger partial charge on any atom is -0.376 e. The van der Waals surface area contributed by atoms with Gasteiger partial charge < -0.3 is 11.1 Å². The normalized spacial score (nSPS) is 10.6. The van der Waals surface area contributed by atoms with Crippen molar-refractivity contribution in [3.05, 3.63) is 65.7 Å². The van der Waals surface area contributed by atoms with Crippen LogP contribution in [0.1, 0.15) is 18.1 Å². The molecule has 0 amide bonds. The molecule has 2 rings (SSSR count). The number of anilines is 1. The summed E-state index contributed by atoms with van der Waals surface area (Å²) in [5.74, 6) is 0. The Hall–Kier alpha value is -1.91. The maximum atomic E-state index is 5.51. The predicted octanol–water partition coefficient (Wildman–Crippen LogP) is 3.36. The van der Waals surface area contributed by atoms with Gasteiger partial charge in [-0.1, -0.05) is 49.4 Å². The average molecular weight is 299 g/mol. The minimum atomic E-state index is 0.295. The van der Waals surface area contributed by atoms with E-state index in [2.05, 4.69) is 53.5 Å². The third kappa shape index (κ3) is 5.17. The van der Waals surface area contributed by atoms with Crippen molar-refractivity contribution in [2.75, 3.05) is 11.9 Å². The van der Waals surface area contributed by atoms with Gasteiger partial charge in [0.05, 0.1) is 0 Å². The molecule has 2 aromatic rings. The van der Waals surface area contributed by atoms with E-state index in [1.807, 2.05) is 18.2 Å². The number of rotatable bonds is 6. The topological polar surface area (TPSA) is 41.3 Å². The molecular weight excluding hydrogens is 278 g/mol. The molecule has 0 bridgehead atoms. The van der Waals surface area contributed by atoms with Gasteiger partial charge in [-0.15, -0.1) is 0 Å². The lowest BCUT2D eigenvalue weighted by atomic mass is 10.1. The summed E-state index contributed by atoms with van der Waals surface area (Å²) in [5, 5.41) is 3.27. The first-order chi connectivity index (χ1) is 10.2. The molecular formula is C17H21N3S. The molecule has 2 aromatic carbocycles. The van der Waals surface area contributed by atoms with Gasteiger partial charge in [0.2, 0.25) is 0 Å². The van der Waals surface area contributed by atoms with Gasteiger partial charge in [-0.3, -0.25) is 4.90 Å². The first-order valence-electron chi connectivity index (χ1n) is 7.09. The highest BCUT2D eigenvalue weighted by Gasteiger charge is 2.05. The van der Waals surface area contributed by atoms with Gasteiger partial charge in [0.1, 0.15) is 0 Å². The second-order valence-corrected chi connectivity index (χ2v) is 5.42. The lowest BCUT2D eigenvalue weighted by Crippen LogP contribution is -2.22. The highest BCUT2D eigenvalue weighted by Crippen LogP contribution is 2.14. The highest BCUT2D eigenvalue weighted by atomic mass is 32.1. The van der Waals surface area contributed by atoms with Gasteiger partial charge in [0, 0.05) is 18.8 Å². The molecule has 21 heavy (non-hydrogen) atoms. The molecule has 0 aliphatic carbocycles. The molecule has 0 unspecified atom stereocenters. The quantitative estimate of drug-likeness (QED) is 0.803. The van der Waals surface area contributed by atoms with Crippen LogP contribution in [0.5, 0.6) is 0 Å². The number of hydrogen-bond donors (Lipinski definition) is 2. The van der Waals surface area contributed by atoms with Crippen LogP contribution in [-0.4, -0.2) is 16.6 Å². The van der Waals surface area contributed by atoms with Crippen molar-refractivity contribution in [3.63, 3.8) is 0 Å². The van der Waals surface area contributed by atoms with Crippen LogP contribution in [0.15, 0.2) is 54.6 Å². The molecule has 0 aromatic heterocycles. The van der Waals surface area contributed by atoms with Gasteiger partial charge >= 0.3 is 0 Å². The van der Waals surface area contributed by atoms with Crippen molar-refractivity contribution in [3.8, 4) is 0 Å². The number of thiocarbonyl (C=S) groups is 1. The van der Waals surface area contributed by atoms with E-state index in [4.69, 9.17) is 18.0 Å². The molecule has 0 spiro atoms. The van der Waals surface area contributed by atoms with E-state index in [0.717, 1.165) is 25.3 Å². The third-order valence-corrected chi connectivity index (χ3v) is 3.40. The fourth-order valence-corrected chi connectivity index (χ4v) is 2.39. The second kappa shape index (κ2) is 7.76. The van der Waals surface area contributed by atoms with Crippen LogP contribution in [0.3, 0.4) is 0 Å². The molecule has 0 heterocycles. The largest absolute Gasteiger partial charge is 0.376 e. The van der Waals surface area contributed by atoms with E-state index in [1.54, 1.807) is 0 Å². The highest BCUT2D eigenvalue weighted by molar-refractivity contribution is 7.80. The zero-order valence-electron chi connectivity index (χ0n) is 12.3. The number of nitrogens with zero attached hydrogens (tertiary/aromatic N) is 1. The van der Waals surface area contributed by atoms with Crippen molar-refractivity contribution >= 4 is 23.0 Å². The van der Waals surface area contributed by atoms with Crippen molar-refractivity contribution in [2.45, 2.75) is 20.0 Å². The van der Waals surface area contributed by atoms with Gasteiger partial charge in [-0.05, 0) is 42.0 Å². The summed E-state index contributed by atoms with van der Waals surface area (Å²) >= 11 is 4.87. The fourth-order valence-electron chi connectivity index (χ4n) is 2.27. The summed E-state index contributed by atoms with van der Waals surface area (Å²) in [7, 11) is 0. The zero-order chi connectivity index (χ0) is 15.1. The Morgan fingerprint density at radius 2 is 1.71 bits per heavy atom. The lowest BCUT2D eigenvalue weighted by Gasteiger charge is -2.21. The van der Waals surface area contributed by atoms with E-state index < -0.39 is 0 Å². The van der Waals surface area contributed by atoms with Crippen LogP contribution in [0.2, 0.25) is 0 Å². The average Bonchev–Trinajstić information content (AvgIpc) is 2.47. The summed E-state index contributed by atoms with van der Waals surface area (Å²) in [4.78, 5) is 2.40. The minimum absolute atomic E-state index is 0.295. The Balaban J connectivity index is 2.02. The van der Waals surface area contributed by atoms with E-state index in [0.29, 0.717) is 5.11 Å². The molecule has 110 valence electrons. The molecule has 0 saturated heterocycles. The van der Waals surface area contributed by atoms with Crippen LogP contribution in [-0.2, 0) is 13.1 Å². The Bertz CT molecular complexity index is 584. The molecule has 0 radical (unpaired) electrons. The Labute approximate surface area is 131 Å². The molecule has 3 nitrogen and oxygen atoms in total. The van der Waals surface area contributed by atoms with E-state index in [1.165, 1.54) is 11.1 Å². The van der Waals surface area contributed by atoms with Crippen molar-refractivity contribution in [2.24, 2.45) is 5.73 Å². The first-order valence-corrected chi connectivity index (χ1v) is 7.50. The number of nitrogens with two attached hydrogens (primary N) is 1. The van der Waals surface area contributed by atoms with E-state index in [-0.39, 0.29) is 0 Å². The summed E-state index contributed by atoms with van der Waals surface area (Å²) < 4.78 is 0. The van der Waals surface area contributed by atoms with Crippen molar-refractivity contribution in [1.29, 1.82) is 0 Å². The fraction of sp³-hybridized carbons (Fsp3) is 0.235. The number of nitrogens with one attached hydrogen (secondary N) is 1. The smallest absolute Gasteiger partial charge is 0.168 e. The van der Waals surface area contributed by atoms with Crippen LogP contribution in [0, 0.1) is 0 Å². The van der Waals surface area contributed by atoms with Gasteiger partial charge in [-0.25, -0.2) is 0 Å². The Morgan fingerprint density at radius 1 is 1.05 bits per heavy atom. The van der Waals surface area contributed by atoms with E-state index in [9.17, 15) is 0 Å². The SMILES string of the molecule is CCN(Cc1ccccc1)Cc1cccc(NC(N)=S)c1. The molecule has 0 atom stereocenters. The van der Waals surface area contributed by atoms with Crippen molar-refractivity contribution in [1.82, 2.24) is 4.90 Å². The maximum Gasteiger partial charge on any atom is 0.168 e. The molecule has 0 aliphatic rings. The zero-order valence-corrected chi connectivity index (χ0v) is 13.1. The van der Waals surface area contributed by atoms with Crippen LogP contribution < -0.4 is 11.1 Å². The Morgan fingerprint density at radius 3 is 2.38 bits per heavy atom. The number of hydrogen-bond acceptors (Lipinski definition) is 2. The van der Waals surface area contributed by atoms with E-state index >= 15 is 0 Å². The van der Waals surface area contributed by atoms with Crippen LogP contribution >= 0.6 is 12.2 Å². The second-order valence-electron chi connectivity index (χ2n) is 4.98. The number of benzene rings is 2. The van der Waals surface area contributed by atoms with Crippen molar-refractivity contribution < 1.29 is 0 Å². The molecule has 0 fully saturated rings.